The van der Waals surface area contributed by atoms with Crippen LogP contribution in [0.2, 0.25) is 0 Å². The summed E-state index contributed by atoms with van der Waals surface area (Å²) in [6.45, 7) is 1.37. The lowest BCUT2D eigenvalue weighted by atomic mass is 10.1. The van der Waals surface area contributed by atoms with Gasteiger partial charge in [-0.25, -0.2) is 0 Å². The summed E-state index contributed by atoms with van der Waals surface area (Å²) in [5.41, 5.74) is 0. The van der Waals surface area contributed by atoms with Crippen molar-refractivity contribution < 1.29 is 38.1 Å². The average molecular weight is 311 g/mol. The van der Waals surface area contributed by atoms with Crippen LogP contribution >= 0.6 is 0 Å². The third-order valence-corrected chi connectivity index (χ3v) is 2.10. The number of oxazole rings is 1. The van der Waals surface area contributed by atoms with Crippen molar-refractivity contribution in [3.8, 4) is 0 Å². The lowest BCUT2D eigenvalue weighted by Gasteiger charge is -1.96. The highest BCUT2D eigenvalue weighted by Crippen LogP contribution is 2.01. The molecule has 1 aromatic heterocycles. The Morgan fingerprint density at radius 1 is 1.07 bits per heavy atom. The van der Waals surface area contributed by atoms with E-state index >= 15 is 0 Å². The van der Waals surface area contributed by atoms with Gasteiger partial charge in [-0.15, -0.1) is 0 Å². The summed E-state index contributed by atoms with van der Waals surface area (Å²) >= 11 is 0. The summed E-state index contributed by atoms with van der Waals surface area (Å²) < 4.78 is 6.99. The van der Waals surface area contributed by atoms with E-state index in [1.807, 2.05) is 10.8 Å². The quantitative estimate of drug-likeness (QED) is 0.379. The van der Waals surface area contributed by atoms with E-state index in [4.69, 9.17) is 9.52 Å². The summed E-state index contributed by atoms with van der Waals surface area (Å²) in [7, 11) is 0. The van der Waals surface area contributed by atoms with Gasteiger partial charge >= 0.3 is 6.39 Å². The first-order valence-electron chi connectivity index (χ1n) is 4.95. The summed E-state index contributed by atoms with van der Waals surface area (Å²) in [4.78, 5) is 0. The third kappa shape index (κ3) is 6.37. The van der Waals surface area contributed by atoms with Gasteiger partial charge in [0.25, 0.3) is 0 Å². The first-order valence-corrected chi connectivity index (χ1v) is 4.95. The van der Waals surface area contributed by atoms with Gasteiger partial charge in [0.05, 0.1) is 0 Å². The van der Waals surface area contributed by atoms with Crippen molar-refractivity contribution in [2.24, 2.45) is 0 Å². The van der Waals surface area contributed by atoms with Crippen molar-refractivity contribution in [3.63, 3.8) is 0 Å². The van der Waals surface area contributed by atoms with Crippen LogP contribution in [0.15, 0.2) is 23.3 Å². The number of hydrogen-bond acceptors (Lipinski definition) is 2. The van der Waals surface area contributed by atoms with Gasteiger partial charge in [0.15, 0.2) is 12.8 Å². The third-order valence-electron chi connectivity index (χ3n) is 2.10. The molecule has 0 aliphatic carbocycles. The zero-order chi connectivity index (χ0) is 9.36. The summed E-state index contributed by atoms with van der Waals surface area (Å²) in [6, 6.07) is 0. The lowest BCUT2D eigenvalue weighted by molar-refractivity contribution is -0.700. The van der Waals surface area contributed by atoms with Crippen LogP contribution in [0.25, 0.3) is 0 Å². The highest BCUT2D eigenvalue weighted by Gasteiger charge is 1.99. The van der Waals surface area contributed by atoms with Crippen LogP contribution in [0.5, 0.6) is 0 Å². The molecular formula is C10H18INO2. The Balaban J connectivity index is 0.00000169. The highest BCUT2D eigenvalue weighted by atomic mass is 127. The van der Waals surface area contributed by atoms with E-state index in [1.165, 1.54) is 19.3 Å². The molecule has 0 spiro atoms. The molecule has 0 bridgehead atoms. The van der Waals surface area contributed by atoms with Crippen molar-refractivity contribution in [1.29, 1.82) is 0 Å². The van der Waals surface area contributed by atoms with E-state index in [0.717, 1.165) is 19.4 Å². The maximum atomic E-state index is 8.56. The molecule has 0 saturated heterocycles. The largest absolute Gasteiger partial charge is 1.00 e. The Morgan fingerprint density at radius 2 is 1.79 bits per heavy atom. The van der Waals surface area contributed by atoms with Crippen LogP contribution in [-0.4, -0.2) is 11.7 Å². The van der Waals surface area contributed by atoms with Crippen molar-refractivity contribution in [2.75, 3.05) is 6.61 Å². The molecule has 1 aromatic rings. The van der Waals surface area contributed by atoms with Crippen LogP contribution in [0.3, 0.4) is 0 Å². The highest BCUT2D eigenvalue weighted by molar-refractivity contribution is 4.47. The predicted molar refractivity (Wildman–Crippen MR) is 49.1 cm³/mol. The molecule has 1 heterocycles. The minimum Gasteiger partial charge on any atom is -1.00 e. The van der Waals surface area contributed by atoms with E-state index < -0.39 is 0 Å². The fourth-order valence-corrected chi connectivity index (χ4v) is 1.33. The first-order chi connectivity index (χ1) is 6.43. The van der Waals surface area contributed by atoms with Gasteiger partial charge < -0.3 is 33.5 Å². The smallest absolute Gasteiger partial charge is 0.334 e. The number of unbranched alkanes of at least 4 members (excludes halogenated alkanes) is 4. The number of rotatable bonds is 7. The second-order valence-corrected chi connectivity index (χ2v) is 3.26. The van der Waals surface area contributed by atoms with Crippen LogP contribution < -0.4 is 28.5 Å². The molecule has 0 amide bonds. The molecule has 1 rings (SSSR count). The minimum absolute atomic E-state index is 0. The zero-order valence-electron chi connectivity index (χ0n) is 8.36. The van der Waals surface area contributed by atoms with Crippen molar-refractivity contribution >= 4 is 0 Å². The number of aryl methyl sites for hydroxylation is 1. The van der Waals surface area contributed by atoms with Crippen molar-refractivity contribution in [1.82, 2.24) is 0 Å². The molecule has 14 heavy (non-hydrogen) atoms. The number of nitrogens with zero attached hydrogens (tertiary/aromatic N) is 1. The molecule has 0 aliphatic heterocycles. The molecule has 0 radical (unpaired) electrons. The van der Waals surface area contributed by atoms with Crippen LogP contribution in [-0.2, 0) is 6.54 Å². The molecule has 0 unspecified atom stereocenters. The molecule has 0 atom stereocenters. The minimum atomic E-state index is 0. The Hall–Kier alpha value is -0.100. The van der Waals surface area contributed by atoms with E-state index in [9.17, 15) is 0 Å². The van der Waals surface area contributed by atoms with Gasteiger partial charge in [-0.2, -0.15) is 4.57 Å². The predicted octanol–water partition coefficient (Wildman–Crippen LogP) is -1.49. The van der Waals surface area contributed by atoms with Gasteiger partial charge in [-0.05, 0) is 12.8 Å². The number of aliphatic hydroxyl groups is 1. The topological polar surface area (TPSA) is 37.2 Å². The standard InChI is InChI=1S/C10H18NO2.HI/c12-8-5-3-1-2-4-6-11-7-9-13-10-11;/h7,9-10,12H,1-6,8H2;1H/q+1;/p-1. The molecule has 0 aliphatic rings. The molecular weight excluding hydrogens is 293 g/mol. The normalized spacial score (nSPS) is 9.79. The Morgan fingerprint density at radius 3 is 2.43 bits per heavy atom. The summed E-state index contributed by atoms with van der Waals surface area (Å²) in [6.07, 6.45) is 11.1. The van der Waals surface area contributed by atoms with E-state index in [2.05, 4.69) is 0 Å². The SMILES string of the molecule is OCCCCCCC[n+]1ccoc1.[I-]. The van der Waals surface area contributed by atoms with Gasteiger partial charge in [0.1, 0.15) is 0 Å². The monoisotopic (exact) mass is 311 g/mol. The number of halogens is 1. The number of aliphatic hydroxyl groups excluding tert-OH is 1. The summed E-state index contributed by atoms with van der Waals surface area (Å²) in [5, 5.41) is 8.56. The fourth-order valence-electron chi connectivity index (χ4n) is 1.33. The zero-order valence-corrected chi connectivity index (χ0v) is 10.5. The molecule has 4 heteroatoms. The second kappa shape index (κ2) is 9.45. The Bertz CT molecular complexity index is 202. The lowest BCUT2D eigenvalue weighted by Crippen LogP contribution is -3.00. The van der Waals surface area contributed by atoms with E-state index in [-0.39, 0.29) is 24.0 Å². The van der Waals surface area contributed by atoms with Gasteiger partial charge in [-0.1, -0.05) is 12.8 Å². The van der Waals surface area contributed by atoms with Crippen LogP contribution in [0, 0.1) is 0 Å². The number of aromatic nitrogens is 1. The maximum absolute atomic E-state index is 8.56. The van der Waals surface area contributed by atoms with Crippen molar-refractivity contribution in [3.05, 3.63) is 18.9 Å². The maximum Gasteiger partial charge on any atom is 0.334 e. The van der Waals surface area contributed by atoms with Gasteiger partial charge in [0, 0.05) is 13.0 Å². The molecule has 0 saturated carbocycles. The van der Waals surface area contributed by atoms with E-state index in [1.54, 1.807) is 12.7 Å². The Labute approximate surface area is 102 Å². The summed E-state index contributed by atoms with van der Waals surface area (Å²) in [5.74, 6) is 0. The van der Waals surface area contributed by atoms with Crippen molar-refractivity contribution in [2.45, 2.75) is 38.6 Å². The fraction of sp³-hybridized carbons (Fsp3) is 0.700. The molecule has 1 N–H and O–H groups in total. The van der Waals surface area contributed by atoms with Gasteiger partial charge in [-0.3, -0.25) is 0 Å². The average Bonchev–Trinajstić information content (AvgIpc) is 2.63. The van der Waals surface area contributed by atoms with Crippen LogP contribution in [0.4, 0.5) is 0 Å². The van der Waals surface area contributed by atoms with E-state index in [0.29, 0.717) is 6.61 Å². The molecule has 0 aromatic carbocycles. The Kier molecular flexibility index (Phi) is 9.39. The van der Waals surface area contributed by atoms with Gasteiger partial charge in [0.2, 0.25) is 6.20 Å². The second-order valence-electron chi connectivity index (χ2n) is 3.26. The van der Waals surface area contributed by atoms with Crippen LogP contribution in [0.1, 0.15) is 32.1 Å². The molecule has 0 fully saturated rings. The molecule has 82 valence electrons. The number of hydrogen-bond donors (Lipinski definition) is 1. The first kappa shape index (κ1) is 13.9. The molecule has 3 nitrogen and oxygen atoms in total.